The van der Waals surface area contributed by atoms with Crippen molar-refractivity contribution in [2.75, 3.05) is 21.3 Å². The lowest BCUT2D eigenvalue weighted by molar-refractivity contribution is -0.152. The summed E-state index contributed by atoms with van der Waals surface area (Å²) in [6.07, 6.45) is 0. The number of rotatable bonds is 5. The van der Waals surface area contributed by atoms with Crippen LogP contribution in [0.4, 0.5) is 0 Å². The second kappa shape index (κ2) is 6.45. The molecule has 0 radical (unpaired) electrons. The summed E-state index contributed by atoms with van der Waals surface area (Å²) in [5.74, 6) is 0.777. The number of hydrogen-bond acceptors (Lipinski definition) is 5. The van der Waals surface area contributed by atoms with E-state index in [1.165, 1.54) is 7.11 Å². The Balaban J connectivity index is 3.29. The SMILES string of the molecule is COC(=O)C(C)(C)[C@@H](N)c1cc(OC)c(OC)cc1Br. The average Bonchev–Trinajstić information content (AvgIpc) is 2.44. The first-order chi connectivity index (χ1) is 9.29. The van der Waals surface area contributed by atoms with Gasteiger partial charge in [-0.15, -0.1) is 0 Å². The van der Waals surface area contributed by atoms with Crippen molar-refractivity contribution in [3.63, 3.8) is 0 Å². The molecule has 0 aromatic heterocycles. The van der Waals surface area contributed by atoms with Crippen LogP contribution in [0.3, 0.4) is 0 Å². The molecule has 0 fully saturated rings. The summed E-state index contributed by atoms with van der Waals surface area (Å²) in [5.41, 5.74) is 6.12. The standard InChI is InChI=1S/C14H20BrNO4/c1-14(2,13(17)20-5)12(16)8-6-10(18-3)11(19-4)7-9(8)15/h6-7,12H,16H2,1-5H3/t12-/m0/s1. The molecule has 1 atom stereocenters. The summed E-state index contributed by atoms with van der Waals surface area (Å²) in [6.45, 7) is 3.49. The zero-order valence-electron chi connectivity index (χ0n) is 12.3. The van der Waals surface area contributed by atoms with Crippen LogP contribution in [0.15, 0.2) is 16.6 Å². The molecule has 2 N–H and O–H groups in total. The normalized spacial score (nSPS) is 12.8. The van der Waals surface area contributed by atoms with Crippen LogP contribution >= 0.6 is 15.9 Å². The molecule has 0 heterocycles. The molecule has 112 valence electrons. The first-order valence-electron chi connectivity index (χ1n) is 6.05. The summed E-state index contributed by atoms with van der Waals surface area (Å²) in [7, 11) is 4.45. The van der Waals surface area contributed by atoms with E-state index in [4.69, 9.17) is 19.9 Å². The molecule has 0 aliphatic rings. The molecular formula is C14H20BrNO4. The summed E-state index contributed by atoms with van der Waals surface area (Å²) in [4.78, 5) is 11.9. The van der Waals surface area contributed by atoms with Crippen molar-refractivity contribution in [2.24, 2.45) is 11.1 Å². The van der Waals surface area contributed by atoms with Gasteiger partial charge >= 0.3 is 5.97 Å². The van der Waals surface area contributed by atoms with E-state index in [-0.39, 0.29) is 5.97 Å². The minimum Gasteiger partial charge on any atom is -0.493 e. The van der Waals surface area contributed by atoms with Gasteiger partial charge in [-0.25, -0.2) is 0 Å². The van der Waals surface area contributed by atoms with Crippen LogP contribution in [0.2, 0.25) is 0 Å². The van der Waals surface area contributed by atoms with Gasteiger partial charge in [-0.05, 0) is 31.5 Å². The summed E-state index contributed by atoms with van der Waals surface area (Å²) in [5, 5.41) is 0. The Hall–Kier alpha value is -1.27. The first-order valence-corrected chi connectivity index (χ1v) is 6.84. The minimum absolute atomic E-state index is 0.369. The second-order valence-corrected chi connectivity index (χ2v) is 5.77. The molecule has 0 aliphatic heterocycles. The molecule has 5 nitrogen and oxygen atoms in total. The molecule has 1 aromatic carbocycles. The number of ether oxygens (including phenoxy) is 3. The van der Waals surface area contributed by atoms with Gasteiger partial charge in [0.2, 0.25) is 0 Å². The average molecular weight is 346 g/mol. The minimum atomic E-state index is -0.864. The van der Waals surface area contributed by atoms with E-state index in [1.54, 1.807) is 40.2 Å². The van der Waals surface area contributed by atoms with Gasteiger partial charge < -0.3 is 19.9 Å². The number of esters is 1. The van der Waals surface area contributed by atoms with E-state index in [0.29, 0.717) is 11.5 Å². The Kier molecular flexibility index (Phi) is 5.42. The van der Waals surface area contributed by atoms with E-state index in [1.807, 2.05) is 0 Å². The highest BCUT2D eigenvalue weighted by atomic mass is 79.9. The van der Waals surface area contributed by atoms with Gasteiger partial charge in [-0.1, -0.05) is 15.9 Å². The Bertz CT molecular complexity index is 502. The van der Waals surface area contributed by atoms with E-state index in [9.17, 15) is 4.79 Å². The molecule has 0 saturated heterocycles. The Morgan fingerprint density at radius 3 is 2.15 bits per heavy atom. The molecule has 6 heteroatoms. The van der Waals surface area contributed by atoms with Crippen LogP contribution in [0.1, 0.15) is 25.5 Å². The van der Waals surface area contributed by atoms with Crippen LogP contribution in [0.25, 0.3) is 0 Å². The van der Waals surface area contributed by atoms with Crippen molar-refractivity contribution in [1.29, 1.82) is 0 Å². The van der Waals surface area contributed by atoms with Crippen LogP contribution in [-0.4, -0.2) is 27.3 Å². The lowest BCUT2D eigenvalue weighted by Gasteiger charge is -2.30. The van der Waals surface area contributed by atoms with Gasteiger partial charge in [0.25, 0.3) is 0 Å². The second-order valence-electron chi connectivity index (χ2n) is 4.92. The Morgan fingerprint density at radius 2 is 1.70 bits per heavy atom. The van der Waals surface area contributed by atoms with Crippen molar-refractivity contribution in [3.05, 3.63) is 22.2 Å². The zero-order valence-corrected chi connectivity index (χ0v) is 13.9. The smallest absolute Gasteiger partial charge is 0.313 e. The largest absolute Gasteiger partial charge is 0.493 e. The van der Waals surface area contributed by atoms with Crippen molar-refractivity contribution in [2.45, 2.75) is 19.9 Å². The number of benzene rings is 1. The van der Waals surface area contributed by atoms with Crippen LogP contribution in [0.5, 0.6) is 11.5 Å². The molecule has 0 saturated carbocycles. The fourth-order valence-corrected chi connectivity index (χ4v) is 2.46. The van der Waals surface area contributed by atoms with Gasteiger partial charge in [-0.3, -0.25) is 4.79 Å². The lowest BCUT2D eigenvalue weighted by atomic mass is 9.81. The van der Waals surface area contributed by atoms with E-state index in [2.05, 4.69) is 15.9 Å². The van der Waals surface area contributed by atoms with Crippen LogP contribution in [0, 0.1) is 5.41 Å². The van der Waals surface area contributed by atoms with Crippen molar-refractivity contribution in [3.8, 4) is 11.5 Å². The molecule has 0 bridgehead atoms. The number of carbonyl (C=O) groups is 1. The van der Waals surface area contributed by atoms with Gasteiger partial charge in [-0.2, -0.15) is 0 Å². The quantitative estimate of drug-likeness (QED) is 0.830. The highest BCUT2D eigenvalue weighted by molar-refractivity contribution is 9.10. The van der Waals surface area contributed by atoms with E-state index in [0.717, 1.165) is 10.0 Å². The predicted molar refractivity (Wildman–Crippen MR) is 80.0 cm³/mol. The predicted octanol–water partition coefficient (Wildman–Crippen LogP) is 2.67. The maximum Gasteiger partial charge on any atom is 0.313 e. The van der Waals surface area contributed by atoms with Gasteiger partial charge in [0, 0.05) is 10.5 Å². The fourth-order valence-electron chi connectivity index (χ4n) is 1.89. The van der Waals surface area contributed by atoms with Gasteiger partial charge in [0.05, 0.1) is 26.7 Å². The molecular weight excluding hydrogens is 326 g/mol. The Morgan fingerprint density at radius 1 is 1.20 bits per heavy atom. The number of methoxy groups -OCH3 is 3. The number of nitrogens with two attached hydrogens (primary N) is 1. The molecule has 0 spiro atoms. The third-order valence-corrected chi connectivity index (χ3v) is 4.01. The molecule has 0 unspecified atom stereocenters. The van der Waals surface area contributed by atoms with E-state index >= 15 is 0 Å². The van der Waals surface area contributed by atoms with Gasteiger partial charge in [0.15, 0.2) is 11.5 Å². The summed E-state index contributed by atoms with van der Waals surface area (Å²) in [6, 6.07) is 2.98. The van der Waals surface area contributed by atoms with Crippen LogP contribution in [-0.2, 0) is 9.53 Å². The third-order valence-electron chi connectivity index (χ3n) is 3.33. The van der Waals surface area contributed by atoms with Crippen molar-refractivity contribution < 1.29 is 19.0 Å². The van der Waals surface area contributed by atoms with Crippen molar-refractivity contribution in [1.82, 2.24) is 0 Å². The highest BCUT2D eigenvalue weighted by Crippen LogP contribution is 2.41. The van der Waals surface area contributed by atoms with Gasteiger partial charge in [0.1, 0.15) is 0 Å². The number of carbonyl (C=O) groups excluding carboxylic acids is 1. The van der Waals surface area contributed by atoms with E-state index < -0.39 is 11.5 Å². The number of halogens is 1. The molecule has 1 rings (SSSR count). The molecule has 20 heavy (non-hydrogen) atoms. The zero-order chi connectivity index (χ0) is 15.5. The van der Waals surface area contributed by atoms with Crippen molar-refractivity contribution >= 4 is 21.9 Å². The maximum absolute atomic E-state index is 11.9. The van der Waals surface area contributed by atoms with Crippen LogP contribution < -0.4 is 15.2 Å². The summed E-state index contributed by atoms with van der Waals surface area (Å²) < 4.78 is 16.0. The highest BCUT2D eigenvalue weighted by Gasteiger charge is 2.37. The molecule has 0 amide bonds. The first kappa shape index (κ1) is 16.8. The third kappa shape index (κ3) is 3.07. The Labute approximate surface area is 127 Å². The topological polar surface area (TPSA) is 70.8 Å². The molecule has 0 aliphatic carbocycles. The lowest BCUT2D eigenvalue weighted by Crippen LogP contribution is -2.37. The summed E-state index contributed by atoms with van der Waals surface area (Å²) >= 11 is 3.45. The maximum atomic E-state index is 11.9. The fraction of sp³-hybridized carbons (Fsp3) is 0.500. The number of hydrogen-bond donors (Lipinski definition) is 1. The molecule has 1 aromatic rings. The monoisotopic (exact) mass is 345 g/mol.